The molecule has 1 aliphatic rings. The van der Waals surface area contributed by atoms with Crippen molar-refractivity contribution in [2.45, 2.75) is 42.5 Å². The van der Waals surface area contributed by atoms with Crippen molar-refractivity contribution in [2.75, 3.05) is 25.5 Å². The molecule has 0 saturated carbocycles. The van der Waals surface area contributed by atoms with E-state index in [9.17, 15) is 21.6 Å². The number of hydrogen-bond acceptors (Lipinski definition) is 6. The Kier molecular flexibility index (Phi) is 7.78. The third-order valence-corrected chi connectivity index (χ3v) is 8.90. The molecule has 33 heavy (non-hydrogen) atoms. The highest BCUT2D eigenvalue weighted by atomic mass is 32.2. The van der Waals surface area contributed by atoms with E-state index < -0.39 is 26.0 Å². The van der Waals surface area contributed by atoms with Gasteiger partial charge >= 0.3 is 0 Å². The topological polar surface area (TPSA) is 122 Å². The SMILES string of the molecule is COc1ccc(S(=O)(=O)NC(C)C)cc1NC(=O)C1CCN(S(=O)(=O)c2ccccc2)CC1. The van der Waals surface area contributed by atoms with Gasteiger partial charge in [0, 0.05) is 25.0 Å². The number of carbonyl (C=O) groups is 1. The molecule has 0 unspecified atom stereocenters. The van der Waals surface area contributed by atoms with Crippen molar-refractivity contribution in [3.05, 3.63) is 48.5 Å². The van der Waals surface area contributed by atoms with Gasteiger partial charge in [-0.3, -0.25) is 4.79 Å². The van der Waals surface area contributed by atoms with Crippen LogP contribution >= 0.6 is 0 Å². The molecule has 2 aromatic rings. The number of benzene rings is 2. The molecule has 9 nitrogen and oxygen atoms in total. The molecule has 0 aromatic heterocycles. The van der Waals surface area contributed by atoms with Crippen molar-refractivity contribution in [2.24, 2.45) is 5.92 Å². The molecule has 11 heteroatoms. The average Bonchev–Trinajstić information content (AvgIpc) is 2.79. The molecule has 2 aromatic carbocycles. The van der Waals surface area contributed by atoms with Crippen LogP contribution in [0.2, 0.25) is 0 Å². The van der Waals surface area contributed by atoms with Crippen LogP contribution in [0.4, 0.5) is 5.69 Å². The Bertz CT molecular complexity index is 1190. The first kappa shape index (κ1) is 25.2. The molecule has 1 saturated heterocycles. The van der Waals surface area contributed by atoms with Gasteiger partial charge in [-0.25, -0.2) is 21.6 Å². The first-order chi connectivity index (χ1) is 15.5. The number of nitrogens with zero attached hydrogens (tertiary/aromatic N) is 1. The van der Waals surface area contributed by atoms with Crippen molar-refractivity contribution in [1.82, 2.24) is 9.03 Å². The van der Waals surface area contributed by atoms with E-state index in [1.165, 1.54) is 29.6 Å². The molecule has 2 N–H and O–H groups in total. The predicted molar refractivity (Wildman–Crippen MR) is 125 cm³/mol. The van der Waals surface area contributed by atoms with Crippen LogP contribution < -0.4 is 14.8 Å². The Hall–Kier alpha value is -2.47. The normalized spacial score (nSPS) is 16.0. The van der Waals surface area contributed by atoms with Gasteiger partial charge in [-0.2, -0.15) is 4.31 Å². The summed E-state index contributed by atoms with van der Waals surface area (Å²) in [4.78, 5) is 13.1. The molecule has 1 heterocycles. The van der Waals surface area contributed by atoms with E-state index in [1.807, 2.05) is 0 Å². The summed E-state index contributed by atoms with van der Waals surface area (Å²) in [6.45, 7) is 3.88. The van der Waals surface area contributed by atoms with Crippen LogP contribution in [-0.2, 0) is 24.8 Å². The predicted octanol–water partition coefficient (Wildman–Crippen LogP) is 2.42. The standard InChI is InChI=1S/C22H29N3O6S2/c1-16(2)24-32(27,28)19-9-10-21(31-3)20(15-19)23-22(26)17-11-13-25(14-12-17)33(29,30)18-7-5-4-6-8-18/h4-10,15-17,24H,11-14H2,1-3H3,(H,23,26). The minimum Gasteiger partial charge on any atom is -0.495 e. The zero-order valence-electron chi connectivity index (χ0n) is 18.8. The van der Waals surface area contributed by atoms with Crippen molar-refractivity contribution in [1.29, 1.82) is 0 Å². The maximum absolute atomic E-state index is 12.9. The third-order valence-electron chi connectivity index (χ3n) is 5.34. The minimum atomic E-state index is -3.75. The fraction of sp³-hybridized carbons (Fsp3) is 0.409. The Morgan fingerprint density at radius 1 is 1.00 bits per heavy atom. The van der Waals surface area contributed by atoms with Crippen LogP contribution in [0, 0.1) is 5.92 Å². The zero-order chi connectivity index (χ0) is 24.2. The lowest BCUT2D eigenvalue weighted by Crippen LogP contribution is -2.41. The number of rotatable bonds is 8. The number of amides is 1. The van der Waals surface area contributed by atoms with Gasteiger partial charge < -0.3 is 10.1 Å². The van der Waals surface area contributed by atoms with E-state index in [4.69, 9.17) is 4.74 Å². The lowest BCUT2D eigenvalue weighted by atomic mass is 9.97. The molecule has 0 atom stereocenters. The zero-order valence-corrected chi connectivity index (χ0v) is 20.4. The Labute approximate surface area is 195 Å². The second-order valence-corrected chi connectivity index (χ2v) is 11.8. The Balaban J connectivity index is 1.70. The van der Waals surface area contributed by atoms with Crippen LogP contribution in [0.25, 0.3) is 0 Å². The molecule has 0 bridgehead atoms. The highest BCUT2D eigenvalue weighted by Crippen LogP contribution is 2.30. The summed E-state index contributed by atoms with van der Waals surface area (Å²) >= 11 is 0. The van der Waals surface area contributed by atoms with Crippen LogP contribution in [0.3, 0.4) is 0 Å². The molecule has 0 radical (unpaired) electrons. The molecule has 180 valence electrons. The number of sulfonamides is 2. The van der Waals surface area contributed by atoms with Gasteiger partial charge in [-0.1, -0.05) is 18.2 Å². The lowest BCUT2D eigenvalue weighted by Gasteiger charge is -2.30. The quantitative estimate of drug-likeness (QED) is 0.580. The molecule has 1 amide bonds. The van der Waals surface area contributed by atoms with Crippen LogP contribution in [0.1, 0.15) is 26.7 Å². The number of hydrogen-bond donors (Lipinski definition) is 2. The molecule has 0 spiro atoms. The van der Waals surface area contributed by atoms with Crippen LogP contribution in [-0.4, -0.2) is 53.3 Å². The van der Waals surface area contributed by atoms with E-state index in [0.717, 1.165) is 0 Å². The first-order valence-corrected chi connectivity index (χ1v) is 13.5. The van der Waals surface area contributed by atoms with E-state index >= 15 is 0 Å². The third kappa shape index (κ3) is 5.91. The van der Waals surface area contributed by atoms with Crippen molar-refractivity contribution < 1.29 is 26.4 Å². The van der Waals surface area contributed by atoms with Crippen LogP contribution in [0.15, 0.2) is 58.3 Å². The van der Waals surface area contributed by atoms with Gasteiger partial charge in [0.1, 0.15) is 5.75 Å². The molecule has 1 aliphatic heterocycles. The van der Waals surface area contributed by atoms with Crippen molar-refractivity contribution in [3.8, 4) is 5.75 Å². The smallest absolute Gasteiger partial charge is 0.243 e. The summed E-state index contributed by atoms with van der Waals surface area (Å²) in [5.74, 6) is -0.390. The van der Waals surface area contributed by atoms with Gasteiger partial charge in [0.15, 0.2) is 0 Å². The largest absolute Gasteiger partial charge is 0.495 e. The number of nitrogens with one attached hydrogen (secondary N) is 2. The van der Waals surface area contributed by atoms with Gasteiger partial charge in [0.05, 0.1) is 22.6 Å². The average molecular weight is 496 g/mol. The second kappa shape index (κ2) is 10.2. The summed E-state index contributed by atoms with van der Waals surface area (Å²) in [5.41, 5.74) is 0.244. The molecule has 3 rings (SSSR count). The van der Waals surface area contributed by atoms with E-state index in [-0.39, 0.29) is 40.5 Å². The lowest BCUT2D eigenvalue weighted by molar-refractivity contribution is -0.120. The highest BCUT2D eigenvalue weighted by Gasteiger charge is 2.32. The summed E-state index contributed by atoms with van der Waals surface area (Å²) < 4.78 is 59.8. The Morgan fingerprint density at radius 3 is 2.21 bits per heavy atom. The monoisotopic (exact) mass is 495 g/mol. The number of carbonyl (C=O) groups excluding carboxylic acids is 1. The van der Waals surface area contributed by atoms with Gasteiger partial charge in [0.2, 0.25) is 26.0 Å². The summed E-state index contributed by atoms with van der Waals surface area (Å²) in [5, 5.41) is 2.76. The number of anilines is 1. The molecule has 1 fully saturated rings. The number of methoxy groups -OCH3 is 1. The van der Waals surface area contributed by atoms with Crippen LogP contribution in [0.5, 0.6) is 5.75 Å². The van der Waals surface area contributed by atoms with E-state index in [2.05, 4.69) is 10.0 Å². The van der Waals surface area contributed by atoms with E-state index in [1.54, 1.807) is 44.2 Å². The fourth-order valence-electron chi connectivity index (χ4n) is 3.66. The van der Waals surface area contributed by atoms with Gasteiger partial charge in [-0.05, 0) is 57.0 Å². The summed E-state index contributed by atoms with van der Waals surface area (Å²) in [7, 11) is -5.92. The second-order valence-electron chi connectivity index (χ2n) is 8.12. The maximum Gasteiger partial charge on any atom is 0.243 e. The maximum atomic E-state index is 12.9. The highest BCUT2D eigenvalue weighted by molar-refractivity contribution is 7.89. The van der Waals surface area contributed by atoms with Gasteiger partial charge in [-0.15, -0.1) is 0 Å². The Morgan fingerprint density at radius 2 is 1.64 bits per heavy atom. The molecular weight excluding hydrogens is 466 g/mol. The minimum absolute atomic E-state index is 0.0103. The first-order valence-electron chi connectivity index (χ1n) is 10.6. The number of piperidine rings is 1. The molecular formula is C22H29N3O6S2. The number of ether oxygens (including phenoxy) is 1. The summed E-state index contributed by atoms with van der Waals surface area (Å²) in [6.07, 6.45) is 0.709. The van der Waals surface area contributed by atoms with Gasteiger partial charge in [0.25, 0.3) is 0 Å². The van der Waals surface area contributed by atoms with Crippen molar-refractivity contribution in [3.63, 3.8) is 0 Å². The fourth-order valence-corrected chi connectivity index (χ4v) is 6.43. The summed E-state index contributed by atoms with van der Waals surface area (Å²) in [6, 6.07) is 12.2. The van der Waals surface area contributed by atoms with Crippen molar-refractivity contribution >= 4 is 31.6 Å². The van der Waals surface area contributed by atoms with E-state index in [0.29, 0.717) is 18.6 Å². The molecule has 0 aliphatic carbocycles.